The smallest absolute Gasteiger partial charge is 0.149 e. The molecular weight excluding hydrogens is 719 g/mol. The molecule has 0 unspecified atom stereocenters. The highest BCUT2D eigenvalue weighted by molar-refractivity contribution is 5.98. The van der Waals surface area contributed by atoms with Gasteiger partial charge >= 0.3 is 0 Å². The van der Waals surface area contributed by atoms with Gasteiger partial charge in [0.05, 0.1) is 22.3 Å². The third kappa shape index (κ3) is 7.12. The number of hydrogen-bond acceptors (Lipinski definition) is 3. The van der Waals surface area contributed by atoms with Gasteiger partial charge in [0.2, 0.25) is 0 Å². The molecule has 9 aromatic rings. The monoisotopic (exact) mass is 766 g/mol. The summed E-state index contributed by atoms with van der Waals surface area (Å²) in [6, 6.07) is 55.0. The van der Waals surface area contributed by atoms with Crippen LogP contribution in [0.4, 0.5) is 0 Å². The molecule has 0 saturated carbocycles. The van der Waals surface area contributed by atoms with Crippen LogP contribution in [0.15, 0.2) is 164 Å². The van der Waals surface area contributed by atoms with Crippen molar-refractivity contribution in [1.29, 1.82) is 0 Å². The minimum Gasteiger partial charge on any atom is -0.507 e. The highest BCUT2D eigenvalue weighted by Gasteiger charge is 2.23. The van der Waals surface area contributed by atoms with E-state index in [-0.39, 0.29) is 5.75 Å². The predicted molar refractivity (Wildman–Crippen MR) is 246 cm³/mol. The number of aromatic nitrogens is 3. The molecular formula is C55H47N3O. The number of aryl methyl sites for hydroxylation is 3. The number of benzene rings is 7. The molecule has 0 aliphatic heterocycles. The van der Waals surface area contributed by atoms with Crippen LogP contribution in [0.5, 0.6) is 5.75 Å². The third-order valence-electron chi connectivity index (χ3n) is 11.6. The van der Waals surface area contributed by atoms with Crippen molar-refractivity contribution < 1.29 is 6.48 Å². The van der Waals surface area contributed by atoms with Crippen molar-refractivity contribution in [3.8, 4) is 78.6 Å². The van der Waals surface area contributed by atoms with Crippen molar-refractivity contribution in [3.05, 3.63) is 192 Å². The second-order valence-corrected chi connectivity index (χ2v) is 15.9. The number of hydrogen-bond donors (Lipinski definition) is 1. The van der Waals surface area contributed by atoms with Crippen LogP contribution in [-0.2, 0) is 0 Å². The molecule has 0 saturated heterocycles. The van der Waals surface area contributed by atoms with Gasteiger partial charge in [-0.05, 0) is 155 Å². The average Bonchev–Trinajstić information content (AvgIpc) is 3.66. The predicted octanol–water partition coefficient (Wildman–Crippen LogP) is 14.5. The van der Waals surface area contributed by atoms with E-state index in [0.717, 1.165) is 89.2 Å². The Kier molecular flexibility index (Phi) is 9.46. The second kappa shape index (κ2) is 15.4. The van der Waals surface area contributed by atoms with Crippen LogP contribution >= 0.6 is 0 Å². The number of rotatable bonds is 8. The number of para-hydroxylation sites is 1. The minimum absolute atomic E-state index is 0.225. The summed E-state index contributed by atoms with van der Waals surface area (Å²) in [5.41, 5.74) is 19.1. The van der Waals surface area contributed by atoms with Crippen LogP contribution in [0.3, 0.4) is 0 Å². The van der Waals surface area contributed by atoms with Crippen molar-refractivity contribution in [1.82, 2.24) is 14.5 Å². The van der Waals surface area contributed by atoms with Crippen LogP contribution in [0, 0.1) is 27.7 Å². The number of phenols is 1. The van der Waals surface area contributed by atoms with E-state index < -0.39 is 5.89 Å². The summed E-state index contributed by atoms with van der Waals surface area (Å²) >= 11 is 0. The zero-order valence-corrected chi connectivity index (χ0v) is 34.4. The van der Waals surface area contributed by atoms with E-state index in [0.29, 0.717) is 11.4 Å². The maximum atomic E-state index is 11.7. The molecule has 0 fully saturated rings. The second-order valence-electron chi connectivity index (χ2n) is 15.9. The third-order valence-corrected chi connectivity index (χ3v) is 11.6. The van der Waals surface area contributed by atoms with E-state index in [1.54, 1.807) is 0 Å². The lowest BCUT2D eigenvalue weighted by molar-refractivity contribution is 0.472. The Morgan fingerprint density at radius 1 is 0.542 bits per heavy atom. The Hall–Kier alpha value is -7.04. The first-order valence-electron chi connectivity index (χ1n) is 20.7. The fourth-order valence-corrected chi connectivity index (χ4v) is 8.28. The zero-order valence-electron chi connectivity index (χ0n) is 35.4. The zero-order chi connectivity index (χ0) is 41.7. The molecule has 2 aromatic heterocycles. The Morgan fingerprint density at radius 3 is 1.95 bits per heavy atom. The minimum atomic E-state index is -0.667. The Morgan fingerprint density at radius 2 is 1.22 bits per heavy atom. The van der Waals surface area contributed by atoms with Crippen LogP contribution in [0.1, 0.15) is 48.9 Å². The topological polar surface area (TPSA) is 50.9 Å². The molecule has 1 N–H and O–H groups in total. The van der Waals surface area contributed by atoms with Gasteiger partial charge in [-0.1, -0.05) is 117 Å². The van der Waals surface area contributed by atoms with Crippen LogP contribution in [0.25, 0.3) is 83.9 Å². The first kappa shape index (κ1) is 36.3. The van der Waals surface area contributed by atoms with E-state index in [1.807, 2.05) is 69.4 Å². The van der Waals surface area contributed by atoms with E-state index >= 15 is 0 Å². The van der Waals surface area contributed by atoms with E-state index in [1.165, 1.54) is 11.1 Å². The first-order chi connectivity index (χ1) is 28.9. The SMILES string of the molecule is [2H]C(C)(C)c1ccc(-c2ccnc(-c3cc(-c4ccccc4)cc(-c4cccc5c4nc(-c4cc(C)cc(C)c4O)n5-c4cc(C)c(C)c(-c5ccccc5)c4)c3)c2)cc1. The molecule has 2 heterocycles. The number of pyridine rings is 1. The molecule has 59 heavy (non-hydrogen) atoms. The molecule has 0 bridgehead atoms. The van der Waals surface area contributed by atoms with Crippen LogP contribution < -0.4 is 0 Å². The van der Waals surface area contributed by atoms with Crippen LogP contribution in [-0.4, -0.2) is 19.6 Å². The molecule has 9 rings (SSSR count). The van der Waals surface area contributed by atoms with Crippen molar-refractivity contribution in [2.24, 2.45) is 0 Å². The highest BCUT2D eigenvalue weighted by atomic mass is 16.3. The number of phenolic OH excluding ortho intramolecular Hbond substituents is 1. The quantitative estimate of drug-likeness (QED) is 0.168. The van der Waals surface area contributed by atoms with Crippen molar-refractivity contribution in [3.63, 3.8) is 0 Å². The Balaban J connectivity index is 1.27. The van der Waals surface area contributed by atoms with Crippen molar-refractivity contribution >= 4 is 11.0 Å². The summed E-state index contributed by atoms with van der Waals surface area (Å²) in [6.07, 6.45) is 1.88. The van der Waals surface area contributed by atoms with E-state index in [9.17, 15) is 5.11 Å². The molecule has 4 heteroatoms. The summed E-state index contributed by atoms with van der Waals surface area (Å²) in [6.45, 7) is 12.2. The maximum Gasteiger partial charge on any atom is 0.149 e. The van der Waals surface area contributed by atoms with Crippen molar-refractivity contribution in [2.45, 2.75) is 47.4 Å². The lowest BCUT2D eigenvalue weighted by atomic mass is 9.93. The van der Waals surface area contributed by atoms with Gasteiger partial charge in [-0.15, -0.1) is 0 Å². The summed E-state index contributed by atoms with van der Waals surface area (Å²) in [4.78, 5) is 10.4. The lowest BCUT2D eigenvalue weighted by Gasteiger charge is -2.17. The Labute approximate surface area is 348 Å². The highest BCUT2D eigenvalue weighted by Crippen LogP contribution is 2.42. The van der Waals surface area contributed by atoms with Gasteiger partial charge in [0.1, 0.15) is 11.6 Å². The molecule has 0 radical (unpaired) electrons. The lowest BCUT2D eigenvalue weighted by Crippen LogP contribution is -2.01. The number of nitrogens with zero attached hydrogens (tertiary/aromatic N) is 3. The largest absolute Gasteiger partial charge is 0.507 e. The maximum absolute atomic E-state index is 11.7. The van der Waals surface area contributed by atoms with Gasteiger partial charge in [-0.3, -0.25) is 9.55 Å². The van der Waals surface area contributed by atoms with Crippen LogP contribution in [0.2, 0.25) is 0 Å². The summed E-state index contributed by atoms with van der Waals surface area (Å²) < 4.78 is 10.7. The molecule has 288 valence electrons. The fourth-order valence-electron chi connectivity index (χ4n) is 8.28. The molecule has 0 aliphatic rings. The normalized spacial score (nSPS) is 11.9. The van der Waals surface area contributed by atoms with Gasteiger partial charge < -0.3 is 5.11 Å². The number of fused-ring (bicyclic) bond motifs is 1. The van der Waals surface area contributed by atoms with Gasteiger partial charge in [0.25, 0.3) is 0 Å². The summed E-state index contributed by atoms with van der Waals surface area (Å²) in [5, 5.41) is 11.7. The molecule has 0 amide bonds. The van der Waals surface area contributed by atoms with Gasteiger partial charge in [-0.25, -0.2) is 4.98 Å². The van der Waals surface area contributed by atoms with Gasteiger partial charge in [-0.2, -0.15) is 0 Å². The number of imidazole rings is 1. The fraction of sp³-hybridized carbons (Fsp3) is 0.127. The molecule has 0 spiro atoms. The summed E-state index contributed by atoms with van der Waals surface area (Å²) in [5.74, 6) is 0.236. The van der Waals surface area contributed by atoms with Crippen molar-refractivity contribution in [2.75, 3.05) is 0 Å². The first-order valence-corrected chi connectivity index (χ1v) is 20.2. The molecule has 0 aliphatic carbocycles. The number of aromatic hydroxyl groups is 1. The van der Waals surface area contributed by atoms with E-state index in [2.05, 4.69) is 141 Å². The average molecular weight is 767 g/mol. The van der Waals surface area contributed by atoms with Gasteiger partial charge in [0.15, 0.2) is 0 Å². The standard InChI is InChI=1S/C55H47N3O/c1-34(2)39-20-22-41(23-21-39)43-24-25-56-51(32-43)46-30-44(40-14-9-7-10-15-40)29-45(31-46)48-18-13-19-52-53(48)57-55(50-27-35(3)26-37(5)54(50)59)58(52)47-28-36(4)38(6)49(33-47)42-16-11-8-12-17-42/h7-34,59H,1-6H3/i34D. The molecule has 4 nitrogen and oxygen atoms in total. The Bertz CT molecular complexity index is 3050. The van der Waals surface area contributed by atoms with Gasteiger partial charge in [0, 0.05) is 24.4 Å². The molecule has 7 aromatic carbocycles. The van der Waals surface area contributed by atoms with E-state index in [4.69, 9.17) is 11.3 Å². The summed E-state index contributed by atoms with van der Waals surface area (Å²) in [7, 11) is 0. The molecule has 0 atom stereocenters.